The van der Waals surface area contributed by atoms with Gasteiger partial charge >= 0.3 is 0 Å². The third-order valence-corrected chi connectivity index (χ3v) is 4.49. The van der Waals surface area contributed by atoms with Crippen LogP contribution < -0.4 is 9.47 Å². The van der Waals surface area contributed by atoms with E-state index < -0.39 is 11.4 Å². The van der Waals surface area contributed by atoms with Crippen LogP contribution in [0, 0.1) is 0 Å². The van der Waals surface area contributed by atoms with Crippen LogP contribution >= 0.6 is 0 Å². The lowest BCUT2D eigenvalue weighted by atomic mass is 9.82. The van der Waals surface area contributed by atoms with Crippen molar-refractivity contribution in [2.24, 2.45) is 0 Å². The van der Waals surface area contributed by atoms with Gasteiger partial charge in [0.05, 0.1) is 12.7 Å². The van der Waals surface area contributed by atoms with E-state index in [4.69, 9.17) is 14.2 Å². The Kier molecular flexibility index (Phi) is 2.63. The van der Waals surface area contributed by atoms with Crippen LogP contribution in [0.15, 0.2) is 48.5 Å². The van der Waals surface area contributed by atoms with Crippen LogP contribution in [0.3, 0.4) is 0 Å². The van der Waals surface area contributed by atoms with E-state index in [1.54, 1.807) is 25.3 Å². The predicted molar refractivity (Wildman–Crippen MR) is 80.2 cm³/mol. The number of rotatable bonds is 3. The minimum absolute atomic E-state index is 0.0514. The number of methoxy groups -OCH3 is 1. The molecule has 0 spiro atoms. The highest BCUT2D eigenvalue weighted by atomic mass is 16.8. The minimum Gasteiger partial charge on any atom is -0.497 e. The van der Waals surface area contributed by atoms with Crippen molar-refractivity contribution in [3.63, 3.8) is 0 Å². The van der Waals surface area contributed by atoms with Gasteiger partial charge in [0.1, 0.15) is 11.5 Å². The fourth-order valence-corrected chi connectivity index (χ4v) is 3.28. The SMILES string of the molecule is CC[C@]12Oc3cc(OC)ccc3C(=O)[C@]1(c1ccccc1)O2. The molecule has 1 saturated heterocycles. The summed E-state index contributed by atoms with van der Waals surface area (Å²) in [6.07, 6.45) is 0.588. The minimum atomic E-state index is -1.02. The molecule has 0 aliphatic carbocycles. The summed E-state index contributed by atoms with van der Waals surface area (Å²) >= 11 is 0. The maximum Gasteiger partial charge on any atom is 0.253 e. The lowest BCUT2D eigenvalue weighted by molar-refractivity contribution is 0.0546. The van der Waals surface area contributed by atoms with Crippen LogP contribution in [0.4, 0.5) is 0 Å². The summed E-state index contributed by atoms with van der Waals surface area (Å²) in [5.74, 6) is 0.218. The number of carbonyl (C=O) groups is 1. The standard InChI is InChI=1S/C18H16O4/c1-3-17-18(22-17,12-7-5-4-6-8-12)16(19)14-10-9-13(20-2)11-15(14)21-17/h4-11H,3H2,1-2H3/t17-,18+/m1/s1. The normalized spacial score (nSPS) is 28.4. The lowest BCUT2D eigenvalue weighted by Crippen LogP contribution is -2.40. The Balaban J connectivity index is 1.88. The molecule has 4 nitrogen and oxygen atoms in total. The van der Waals surface area contributed by atoms with E-state index >= 15 is 0 Å². The first-order valence-electron chi connectivity index (χ1n) is 7.34. The molecule has 22 heavy (non-hydrogen) atoms. The molecule has 2 atom stereocenters. The molecular formula is C18H16O4. The van der Waals surface area contributed by atoms with Gasteiger partial charge in [0, 0.05) is 12.5 Å². The first-order chi connectivity index (χ1) is 10.7. The van der Waals surface area contributed by atoms with Crippen LogP contribution in [0.2, 0.25) is 0 Å². The third kappa shape index (κ3) is 1.48. The largest absolute Gasteiger partial charge is 0.497 e. The van der Waals surface area contributed by atoms with Gasteiger partial charge in [-0.2, -0.15) is 0 Å². The van der Waals surface area contributed by atoms with Crippen molar-refractivity contribution in [2.75, 3.05) is 7.11 Å². The van der Waals surface area contributed by atoms with Crippen molar-refractivity contribution >= 4 is 5.78 Å². The maximum absolute atomic E-state index is 13.1. The number of benzene rings is 2. The quantitative estimate of drug-likeness (QED) is 0.815. The molecule has 0 bridgehead atoms. The Morgan fingerprint density at radius 2 is 1.91 bits per heavy atom. The molecule has 1 fully saturated rings. The zero-order chi connectivity index (χ0) is 15.4. The van der Waals surface area contributed by atoms with Crippen LogP contribution in [0.1, 0.15) is 29.3 Å². The van der Waals surface area contributed by atoms with E-state index in [1.165, 1.54) is 0 Å². The fourth-order valence-electron chi connectivity index (χ4n) is 3.28. The second-order valence-electron chi connectivity index (χ2n) is 5.55. The number of Topliss-reactive ketones (excluding diaryl/α,β-unsaturated/α-hetero) is 1. The number of epoxide rings is 1. The smallest absolute Gasteiger partial charge is 0.253 e. The first-order valence-corrected chi connectivity index (χ1v) is 7.34. The second kappa shape index (κ2) is 4.34. The summed E-state index contributed by atoms with van der Waals surface area (Å²) in [6, 6.07) is 14.8. The zero-order valence-electron chi connectivity index (χ0n) is 12.5. The van der Waals surface area contributed by atoms with E-state index in [9.17, 15) is 4.79 Å². The summed E-state index contributed by atoms with van der Waals surface area (Å²) in [5.41, 5.74) is 0.347. The molecule has 0 N–H and O–H groups in total. The number of hydrogen-bond acceptors (Lipinski definition) is 4. The molecule has 2 aromatic carbocycles. The van der Waals surface area contributed by atoms with E-state index in [1.807, 2.05) is 37.3 Å². The van der Waals surface area contributed by atoms with Gasteiger partial charge in [0.15, 0.2) is 0 Å². The van der Waals surface area contributed by atoms with Crippen molar-refractivity contribution < 1.29 is 19.0 Å². The Bertz CT molecular complexity index is 755. The maximum atomic E-state index is 13.1. The molecule has 2 aliphatic rings. The molecule has 2 aromatic rings. The molecule has 0 aromatic heterocycles. The van der Waals surface area contributed by atoms with Gasteiger partial charge in [-0.1, -0.05) is 37.3 Å². The Hall–Kier alpha value is -2.33. The average Bonchev–Trinajstić information content (AvgIpc) is 3.26. The molecular weight excluding hydrogens is 280 g/mol. The zero-order valence-corrected chi connectivity index (χ0v) is 12.5. The molecule has 0 radical (unpaired) electrons. The van der Waals surface area contributed by atoms with E-state index in [0.29, 0.717) is 23.5 Å². The van der Waals surface area contributed by atoms with Gasteiger partial charge in [-0.25, -0.2) is 0 Å². The highest BCUT2D eigenvalue weighted by molar-refractivity contribution is 6.09. The summed E-state index contributed by atoms with van der Waals surface area (Å²) in [5, 5.41) is 0. The molecule has 2 heterocycles. The van der Waals surface area contributed by atoms with Crippen LogP contribution in [0.5, 0.6) is 11.5 Å². The van der Waals surface area contributed by atoms with E-state index in [2.05, 4.69) is 0 Å². The van der Waals surface area contributed by atoms with Crippen molar-refractivity contribution in [1.82, 2.24) is 0 Å². The van der Waals surface area contributed by atoms with Crippen LogP contribution in [-0.2, 0) is 10.3 Å². The van der Waals surface area contributed by atoms with Crippen molar-refractivity contribution in [2.45, 2.75) is 24.7 Å². The Morgan fingerprint density at radius 1 is 1.14 bits per heavy atom. The van der Waals surface area contributed by atoms with Crippen LogP contribution in [-0.4, -0.2) is 18.7 Å². The van der Waals surface area contributed by atoms with E-state index in [0.717, 1.165) is 5.56 Å². The monoisotopic (exact) mass is 296 g/mol. The number of fused-ring (bicyclic) bond motifs is 2. The van der Waals surface area contributed by atoms with Crippen molar-refractivity contribution in [3.05, 3.63) is 59.7 Å². The van der Waals surface area contributed by atoms with Gasteiger partial charge in [0.2, 0.25) is 11.4 Å². The topological polar surface area (TPSA) is 48.1 Å². The number of hydrogen-bond donors (Lipinski definition) is 0. The van der Waals surface area contributed by atoms with Gasteiger partial charge in [-0.15, -0.1) is 0 Å². The van der Waals surface area contributed by atoms with Gasteiger partial charge < -0.3 is 14.2 Å². The molecule has 2 aliphatic heterocycles. The van der Waals surface area contributed by atoms with Crippen LogP contribution in [0.25, 0.3) is 0 Å². The fraction of sp³-hybridized carbons (Fsp3) is 0.278. The average molecular weight is 296 g/mol. The number of ether oxygens (including phenoxy) is 3. The Morgan fingerprint density at radius 3 is 2.59 bits per heavy atom. The van der Waals surface area contributed by atoms with E-state index in [-0.39, 0.29) is 5.78 Å². The Labute approximate surface area is 128 Å². The van der Waals surface area contributed by atoms with Gasteiger partial charge in [-0.3, -0.25) is 4.79 Å². The first kappa shape index (κ1) is 13.3. The molecule has 0 amide bonds. The third-order valence-electron chi connectivity index (χ3n) is 4.49. The number of carbonyl (C=O) groups excluding carboxylic acids is 1. The molecule has 0 unspecified atom stereocenters. The highest BCUT2D eigenvalue weighted by Gasteiger charge is 2.79. The molecule has 0 saturated carbocycles. The van der Waals surface area contributed by atoms with Gasteiger partial charge in [0.25, 0.3) is 5.79 Å². The second-order valence-corrected chi connectivity index (χ2v) is 5.55. The summed E-state index contributed by atoms with van der Waals surface area (Å²) in [4.78, 5) is 13.1. The van der Waals surface area contributed by atoms with Gasteiger partial charge in [-0.05, 0) is 17.7 Å². The van der Waals surface area contributed by atoms with Crippen molar-refractivity contribution in [3.8, 4) is 11.5 Å². The lowest BCUT2D eigenvalue weighted by Gasteiger charge is -2.26. The predicted octanol–water partition coefficient (Wildman–Crippen LogP) is 3.30. The summed E-state index contributed by atoms with van der Waals surface area (Å²) in [6.45, 7) is 1.96. The molecule has 112 valence electrons. The number of ketones is 1. The van der Waals surface area contributed by atoms with Crippen molar-refractivity contribution in [1.29, 1.82) is 0 Å². The summed E-state index contributed by atoms with van der Waals surface area (Å²) in [7, 11) is 1.59. The molecule has 4 heteroatoms. The molecule has 4 rings (SSSR count). The summed E-state index contributed by atoms with van der Waals surface area (Å²) < 4.78 is 17.2. The highest BCUT2D eigenvalue weighted by Crippen LogP contribution is 2.63.